The molecule has 2 aromatic heterocycles. The summed E-state index contributed by atoms with van der Waals surface area (Å²) in [6.45, 7) is 1.91. The van der Waals surface area contributed by atoms with E-state index < -0.39 is 17.6 Å². The van der Waals surface area contributed by atoms with Crippen molar-refractivity contribution in [1.29, 1.82) is 0 Å². The van der Waals surface area contributed by atoms with Gasteiger partial charge in [-0.2, -0.15) is 18.3 Å². The number of alkyl halides is 3. The number of nitrogens with two attached hydrogens (primary N) is 1. The summed E-state index contributed by atoms with van der Waals surface area (Å²) in [6.07, 6.45) is 0.375. The molecule has 0 aliphatic rings. The van der Waals surface area contributed by atoms with Crippen molar-refractivity contribution in [3.8, 4) is 16.8 Å². The quantitative estimate of drug-likeness (QED) is 0.341. The third-order valence-electron chi connectivity index (χ3n) is 5.76. The van der Waals surface area contributed by atoms with Crippen molar-refractivity contribution in [1.82, 2.24) is 19.7 Å². The molecule has 0 spiro atoms. The van der Waals surface area contributed by atoms with Crippen molar-refractivity contribution in [2.45, 2.75) is 13.1 Å². The van der Waals surface area contributed by atoms with Gasteiger partial charge in [-0.15, -0.1) is 0 Å². The number of nitrogen functional groups attached to an aromatic ring is 1. The number of hydrogen-bond donors (Lipinski definition) is 2. The van der Waals surface area contributed by atoms with Crippen molar-refractivity contribution in [2.24, 2.45) is 0 Å². The van der Waals surface area contributed by atoms with Crippen LogP contribution < -0.4 is 11.1 Å². The molecule has 7 nitrogen and oxygen atoms in total. The van der Waals surface area contributed by atoms with Gasteiger partial charge in [0.1, 0.15) is 17.7 Å². The maximum absolute atomic E-state index is 13.0. The molecule has 0 aliphatic carbocycles. The molecule has 180 valence electrons. The molecule has 0 bridgehead atoms. The number of aryl methyl sites for hydroxylation is 1. The first kappa shape index (κ1) is 23.0. The minimum absolute atomic E-state index is 0.0861. The van der Waals surface area contributed by atoms with E-state index in [1.54, 1.807) is 23.0 Å². The van der Waals surface area contributed by atoms with Crippen molar-refractivity contribution >= 4 is 28.3 Å². The molecule has 0 fully saturated rings. The number of amides is 1. The van der Waals surface area contributed by atoms with Crippen LogP contribution in [0.4, 0.5) is 24.7 Å². The number of para-hydroxylation sites is 1. The zero-order valence-corrected chi connectivity index (χ0v) is 18.9. The maximum atomic E-state index is 13.0. The first-order valence-electron chi connectivity index (χ1n) is 10.8. The summed E-state index contributed by atoms with van der Waals surface area (Å²) in [5, 5.41) is 7.87. The van der Waals surface area contributed by atoms with E-state index in [1.807, 2.05) is 37.4 Å². The van der Waals surface area contributed by atoms with E-state index in [0.29, 0.717) is 22.4 Å². The summed E-state index contributed by atoms with van der Waals surface area (Å²) in [6, 6.07) is 15.1. The minimum Gasteiger partial charge on any atom is -0.383 e. The van der Waals surface area contributed by atoms with Crippen LogP contribution in [0.1, 0.15) is 21.5 Å². The molecular formula is C26H19F3N6O. The second-order valence-corrected chi connectivity index (χ2v) is 8.17. The van der Waals surface area contributed by atoms with Crippen molar-refractivity contribution < 1.29 is 18.0 Å². The SMILES string of the molecule is Cc1ccc(NC(=O)c2cccc(C(F)(F)F)c2)cc1-c1cnn(-c2cccc3c(N)ncnc23)c1. The molecule has 0 saturated heterocycles. The van der Waals surface area contributed by atoms with Crippen LogP contribution in [0.15, 0.2) is 79.4 Å². The molecule has 36 heavy (non-hydrogen) atoms. The fourth-order valence-electron chi connectivity index (χ4n) is 3.92. The Balaban J connectivity index is 1.45. The molecule has 0 atom stereocenters. The second kappa shape index (κ2) is 8.81. The normalized spacial score (nSPS) is 11.6. The molecule has 10 heteroatoms. The largest absolute Gasteiger partial charge is 0.416 e. The number of aromatic nitrogens is 4. The smallest absolute Gasteiger partial charge is 0.383 e. The number of halogens is 3. The Bertz CT molecular complexity index is 1610. The van der Waals surface area contributed by atoms with E-state index in [9.17, 15) is 18.0 Å². The number of nitrogens with zero attached hydrogens (tertiary/aromatic N) is 4. The molecule has 5 aromatic rings. The van der Waals surface area contributed by atoms with Crippen LogP contribution in [0, 0.1) is 6.92 Å². The van der Waals surface area contributed by atoms with E-state index >= 15 is 0 Å². The first-order valence-corrected chi connectivity index (χ1v) is 10.8. The highest BCUT2D eigenvalue weighted by molar-refractivity contribution is 6.04. The van der Waals surface area contributed by atoms with Gasteiger partial charge in [0.2, 0.25) is 0 Å². The zero-order valence-electron chi connectivity index (χ0n) is 18.9. The number of nitrogens with one attached hydrogen (secondary N) is 1. The Morgan fingerprint density at radius 3 is 2.64 bits per heavy atom. The number of benzene rings is 3. The Morgan fingerprint density at radius 2 is 1.83 bits per heavy atom. The zero-order chi connectivity index (χ0) is 25.4. The van der Waals surface area contributed by atoms with E-state index in [4.69, 9.17) is 5.73 Å². The van der Waals surface area contributed by atoms with Crippen LogP contribution in [0.2, 0.25) is 0 Å². The lowest BCUT2D eigenvalue weighted by Gasteiger charge is -2.11. The molecule has 2 heterocycles. The number of rotatable bonds is 4. The van der Waals surface area contributed by atoms with Gasteiger partial charge < -0.3 is 11.1 Å². The fourth-order valence-corrected chi connectivity index (χ4v) is 3.92. The average molecular weight is 488 g/mol. The van der Waals surface area contributed by atoms with Gasteiger partial charge in [0.05, 0.1) is 17.4 Å². The number of anilines is 2. The van der Waals surface area contributed by atoms with Gasteiger partial charge in [-0.25, -0.2) is 14.6 Å². The lowest BCUT2D eigenvalue weighted by Crippen LogP contribution is -2.14. The molecule has 1 amide bonds. The minimum atomic E-state index is -4.53. The fraction of sp³-hybridized carbons (Fsp3) is 0.0769. The van der Waals surface area contributed by atoms with Crippen LogP contribution in [-0.4, -0.2) is 25.7 Å². The molecule has 3 N–H and O–H groups in total. The molecule has 5 rings (SSSR count). The van der Waals surface area contributed by atoms with Gasteiger partial charge in [-0.3, -0.25) is 4.79 Å². The highest BCUT2D eigenvalue weighted by atomic mass is 19.4. The number of carbonyl (C=O) groups is 1. The number of hydrogen-bond acceptors (Lipinski definition) is 5. The molecule has 3 aromatic carbocycles. The second-order valence-electron chi connectivity index (χ2n) is 8.17. The van der Waals surface area contributed by atoms with Crippen molar-refractivity contribution in [3.05, 3.63) is 96.1 Å². The third-order valence-corrected chi connectivity index (χ3v) is 5.76. The average Bonchev–Trinajstić information content (AvgIpc) is 3.34. The Hall–Kier alpha value is -4.73. The third kappa shape index (κ3) is 4.36. The van der Waals surface area contributed by atoms with Gasteiger partial charge in [-0.1, -0.05) is 18.2 Å². The molecule has 0 saturated carbocycles. The highest BCUT2D eigenvalue weighted by Gasteiger charge is 2.30. The topological polar surface area (TPSA) is 98.7 Å². The predicted molar refractivity (Wildman–Crippen MR) is 131 cm³/mol. The van der Waals surface area contributed by atoms with E-state index in [-0.39, 0.29) is 5.56 Å². The van der Waals surface area contributed by atoms with Crippen LogP contribution in [0.3, 0.4) is 0 Å². The van der Waals surface area contributed by atoms with Gasteiger partial charge in [-0.05, 0) is 60.5 Å². The van der Waals surface area contributed by atoms with Crippen molar-refractivity contribution in [2.75, 3.05) is 11.1 Å². The standard InChI is InChI=1S/C26H19F3N6O/c1-15-8-9-19(34-25(36)16-4-2-5-18(10-16)26(27,28)29)11-21(15)17-12-33-35(13-17)22-7-3-6-20-23(22)31-14-32-24(20)30/h2-14H,1H3,(H,34,36)(H2,30,31,32). The van der Waals surface area contributed by atoms with Crippen molar-refractivity contribution in [3.63, 3.8) is 0 Å². The van der Waals surface area contributed by atoms with Crippen LogP contribution in [-0.2, 0) is 6.18 Å². The number of carbonyl (C=O) groups excluding carboxylic acids is 1. The van der Waals surface area contributed by atoms with E-state index in [1.165, 1.54) is 18.5 Å². The van der Waals surface area contributed by atoms with Gasteiger partial charge in [0, 0.05) is 28.4 Å². The predicted octanol–water partition coefficient (Wildman–Crippen LogP) is 5.64. The Morgan fingerprint density at radius 1 is 1.03 bits per heavy atom. The summed E-state index contributed by atoms with van der Waals surface area (Å²) in [5.74, 6) is -0.270. The lowest BCUT2D eigenvalue weighted by molar-refractivity contribution is -0.137. The lowest BCUT2D eigenvalue weighted by atomic mass is 10.0. The molecular weight excluding hydrogens is 469 g/mol. The molecule has 0 radical (unpaired) electrons. The summed E-state index contributed by atoms with van der Waals surface area (Å²) >= 11 is 0. The van der Waals surface area contributed by atoms with Gasteiger partial charge in [0.15, 0.2) is 0 Å². The summed E-state index contributed by atoms with van der Waals surface area (Å²) < 4.78 is 40.7. The van der Waals surface area contributed by atoms with Crippen LogP contribution in [0.25, 0.3) is 27.7 Å². The highest BCUT2D eigenvalue weighted by Crippen LogP contribution is 2.31. The summed E-state index contributed by atoms with van der Waals surface area (Å²) in [4.78, 5) is 21.0. The van der Waals surface area contributed by atoms with Gasteiger partial charge in [0.25, 0.3) is 5.91 Å². The monoisotopic (exact) mass is 488 g/mol. The Kier molecular flexibility index (Phi) is 5.63. The summed E-state index contributed by atoms with van der Waals surface area (Å²) in [7, 11) is 0. The van der Waals surface area contributed by atoms with E-state index in [0.717, 1.165) is 34.5 Å². The van der Waals surface area contributed by atoms with E-state index in [2.05, 4.69) is 20.4 Å². The van der Waals surface area contributed by atoms with Gasteiger partial charge >= 0.3 is 6.18 Å². The molecule has 0 unspecified atom stereocenters. The first-order chi connectivity index (χ1) is 17.2. The summed E-state index contributed by atoms with van der Waals surface area (Å²) in [5.41, 5.74) is 9.33. The van der Waals surface area contributed by atoms with Crippen LogP contribution in [0.5, 0.6) is 0 Å². The Labute approximate surface area is 203 Å². The maximum Gasteiger partial charge on any atom is 0.416 e. The van der Waals surface area contributed by atoms with Crippen LogP contribution >= 0.6 is 0 Å². The molecule has 0 aliphatic heterocycles. The number of fused-ring (bicyclic) bond motifs is 1.